The topological polar surface area (TPSA) is 33.6 Å². The third-order valence-electron chi connectivity index (χ3n) is 1.97. The molecule has 1 aromatic heterocycles. The second-order valence-corrected chi connectivity index (χ2v) is 5.22. The highest BCUT2D eigenvalue weighted by atomic mass is 32.1. The molecule has 1 N–H and O–H groups in total. The second-order valence-electron chi connectivity index (χ2n) is 4.83. The van der Waals surface area contributed by atoms with Gasteiger partial charge < -0.3 is 4.57 Å². The average Bonchev–Trinajstić information content (AvgIpc) is 2.33. The number of hydrogen-bond acceptors (Lipinski definition) is 2. The first-order valence-electron chi connectivity index (χ1n) is 5.08. The van der Waals surface area contributed by atoms with Gasteiger partial charge in [-0.25, -0.2) is 0 Å². The van der Waals surface area contributed by atoms with Crippen LogP contribution in [0.5, 0.6) is 0 Å². The van der Waals surface area contributed by atoms with E-state index in [0.29, 0.717) is 0 Å². The van der Waals surface area contributed by atoms with Crippen LogP contribution < -0.4 is 0 Å². The fourth-order valence-electron chi connectivity index (χ4n) is 1.41. The summed E-state index contributed by atoms with van der Waals surface area (Å²) in [6, 6.07) is 0. The molecule has 1 rings (SSSR count). The summed E-state index contributed by atoms with van der Waals surface area (Å²) >= 11 is 5.17. The first-order valence-corrected chi connectivity index (χ1v) is 5.49. The molecule has 0 atom stereocenters. The third kappa shape index (κ3) is 2.94. The van der Waals surface area contributed by atoms with Gasteiger partial charge in [-0.05, 0) is 24.1 Å². The fourth-order valence-corrected chi connectivity index (χ4v) is 1.66. The molecule has 0 fully saturated rings. The SMILES string of the molecule is CCCn1c(CC(C)(C)C)n[nH]c1=S. The minimum Gasteiger partial charge on any atom is -0.304 e. The zero-order chi connectivity index (χ0) is 10.8. The number of H-pyrrole nitrogens is 1. The van der Waals surface area contributed by atoms with E-state index in [0.717, 1.165) is 30.0 Å². The summed E-state index contributed by atoms with van der Waals surface area (Å²) in [4.78, 5) is 0. The number of aromatic nitrogens is 3. The van der Waals surface area contributed by atoms with E-state index in [1.54, 1.807) is 0 Å². The molecule has 0 saturated carbocycles. The second kappa shape index (κ2) is 4.26. The first kappa shape index (κ1) is 11.4. The van der Waals surface area contributed by atoms with Crippen LogP contribution in [0.1, 0.15) is 39.9 Å². The quantitative estimate of drug-likeness (QED) is 0.783. The highest BCUT2D eigenvalue weighted by Gasteiger charge is 2.15. The number of hydrogen-bond donors (Lipinski definition) is 1. The van der Waals surface area contributed by atoms with Crippen LogP contribution in [-0.2, 0) is 13.0 Å². The molecule has 3 nitrogen and oxygen atoms in total. The van der Waals surface area contributed by atoms with Crippen LogP contribution in [0.25, 0.3) is 0 Å². The molecule has 0 saturated heterocycles. The number of nitrogens with one attached hydrogen (secondary N) is 1. The molecule has 0 aromatic carbocycles. The predicted octanol–water partition coefficient (Wildman–Crippen LogP) is 2.94. The Labute approximate surface area is 90.5 Å². The molecule has 0 unspecified atom stereocenters. The van der Waals surface area contributed by atoms with E-state index in [9.17, 15) is 0 Å². The molecule has 14 heavy (non-hydrogen) atoms. The molecular formula is C10H19N3S. The summed E-state index contributed by atoms with van der Waals surface area (Å²) in [5, 5.41) is 7.13. The van der Waals surface area contributed by atoms with Gasteiger partial charge in [-0.1, -0.05) is 27.7 Å². The van der Waals surface area contributed by atoms with E-state index < -0.39 is 0 Å². The van der Waals surface area contributed by atoms with Crippen molar-refractivity contribution in [2.75, 3.05) is 0 Å². The Morgan fingerprint density at radius 3 is 2.57 bits per heavy atom. The van der Waals surface area contributed by atoms with Gasteiger partial charge in [0.2, 0.25) is 0 Å². The Morgan fingerprint density at radius 2 is 2.07 bits per heavy atom. The molecular weight excluding hydrogens is 194 g/mol. The van der Waals surface area contributed by atoms with Gasteiger partial charge in [-0.3, -0.25) is 5.10 Å². The van der Waals surface area contributed by atoms with E-state index in [-0.39, 0.29) is 5.41 Å². The summed E-state index contributed by atoms with van der Waals surface area (Å²) in [6.07, 6.45) is 2.05. The third-order valence-corrected chi connectivity index (χ3v) is 2.28. The van der Waals surface area contributed by atoms with Crippen LogP contribution in [0.15, 0.2) is 0 Å². The summed E-state index contributed by atoms with van der Waals surface area (Å²) < 4.78 is 2.84. The number of nitrogens with zero attached hydrogens (tertiary/aromatic N) is 2. The average molecular weight is 213 g/mol. The lowest BCUT2D eigenvalue weighted by atomic mass is 9.92. The van der Waals surface area contributed by atoms with Crippen LogP contribution in [0.4, 0.5) is 0 Å². The largest absolute Gasteiger partial charge is 0.304 e. The lowest BCUT2D eigenvalue weighted by Crippen LogP contribution is -2.14. The van der Waals surface area contributed by atoms with Crippen molar-refractivity contribution in [3.05, 3.63) is 10.6 Å². The molecule has 0 aliphatic carbocycles. The fraction of sp³-hybridized carbons (Fsp3) is 0.800. The molecule has 0 bridgehead atoms. The van der Waals surface area contributed by atoms with Gasteiger partial charge in [-0.2, -0.15) is 5.10 Å². The predicted molar refractivity (Wildman–Crippen MR) is 60.9 cm³/mol. The van der Waals surface area contributed by atoms with Crippen molar-refractivity contribution in [2.24, 2.45) is 5.41 Å². The Hall–Kier alpha value is -0.640. The molecule has 1 heterocycles. The minimum absolute atomic E-state index is 0.256. The Kier molecular flexibility index (Phi) is 3.48. The molecule has 0 amide bonds. The smallest absolute Gasteiger partial charge is 0.195 e. The van der Waals surface area contributed by atoms with Crippen molar-refractivity contribution >= 4 is 12.2 Å². The van der Waals surface area contributed by atoms with Crippen molar-refractivity contribution in [1.29, 1.82) is 0 Å². The summed E-state index contributed by atoms with van der Waals surface area (Å²) in [7, 11) is 0. The molecule has 1 aromatic rings. The van der Waals surface area contributed by atoms with Gasteiger partial charge in [0.25, 0.3) is 0 Å². The first-order chi connectivity index (χ1) is 6.44. The standard InChI is InChI=1S/C10H19N3S/c1-5-6-13-8(7-10(2,3)4)11-12-9(13)14/h5-7H2,1-4H3,(H,12,14). The van der Waals surface area contributed by atoms with Crippen LogP contribution in [0.3, 0.4) is 0 Å². The minimum atomic E-state index is 0.256. The monoisotopic (exact) mass is 213 g/mol. The van der Waals surface area contributed by atoms with E-state index in [4.69, 9.17) is 12.2 Å². The maximum absolute atomic E-state index is 5.17. The van der Waals surface area contributed by atoms with Crippen molar-refractivity contribution in [3.8, 4) is 0 Å². The molecule has 0 aliphatic heterocycles. The van der Waals surface area contributed by atoms with Crippen molar-refractivity contribution in [2.45, 2.75) is 47.1 Å². The van der Waals surface area contributed by atoms with Gasteiger partial charge >= 0.3 is 0 Å². The van der Waals surface area contributed by atoms with E-state index in [1.165, 1.54) is 0 Å². The number of rotatable bonds is 3. The normalized spacial score (nSPS) is 12.0. The molecule has 0 radical (unpaired) electrons. The number of aromatic amines is 1. The van der Waals surface area contributed by atoms with Crippen molar-refractivity contribution in [1.82, 2.24) is 14.8 Å². The maximum atomic E-state index is 5.17. The lowest BCUT2D eigenvalue weighted by Gasteiger charge is -2.17. The summed E-state index contributed by atoms with van der Waals surface area (Å²) in [6.45, 7) is 9.74. The van der Waals surface area contributed by atoms with E-state index in [1.807, 2.05) is 0 Å². The van der Waals surface area contributed by atoms with Gasteiger partial charge in [0.05, 0.1) is 0 Å². The molecule has 80 valence electrons. The van der Waals surface area contributed by atoms with Gasteiger partial charge in [0.1, 0.15) is 5.82 Å². The van der Waals surface area contributed by atoms with Crippen LogP contribution >= 0.6 is 12.2 Å². The maximum Gasteiger partial charge on any atom is 0.195 e. The molecule has 0 aliphatic rings. The van der Waals surface area contributed by atoms with Crippen molar-refractivity contribution < 1.29 is 0 Å². The lowest BCUT2D eigenvalue weighted by molar-refractivity contribution is 0.390. The van der Waals surface area contributed by atoms with Gasteiger partial charge in [-0.15, -0.1) is 0 Å². The summed E-state index contributed by atoms with van der Waals surface area (Å²) in [5.74, 6) is 1.07. The van der Waals surface area contributed by atoms with Gasteiger partial charge in [0.15, 0.2) is 4.77 Å². The highest BCUT2D eigenvalue weighted by Crippen LogP contribution is 2.19. The van der Waals surface area contributed by atoms with Crippen molar-refractivity contribution in [3.63, 3.8) is 0 Å². The van der Waals surface area contributed by atoms with E-state index in [2.05, 4.69) is 42.5 Å². The van der Waals surface area contributed by atoms with E-state index >= 15 is 0 Å². The Bertz CT molecular complexity index is 343. The Morgan fingerprint density at radius 1 is 1.43 bits per heavy atom. The molecule has 0 spiro atoms. The zero-order valence-corrected chi connectivity index (χ0v) is 10.2. The zero-order valence-electron chi connectivity index (χ0n) is 9.42. The van der Waals surface area contributed by atoms with Crippen LogP contribution in [-0.4, -0.2) is 14.8 Å². The van der Waals surface area contributed by atoms with Crippen LogP contribution in [0.2, 0.25) is 0 Å². The van der Waals surface area contributed by atoms with Crippen LogP contribution in [0, 0.1) is 10.2 Å². The highest BCUT2D eigenvalue weighted by molar-refractivity contribution is 7.71. The molecule has 4 heteroatoms. The summed E-state index contributed by atoms with van der Waals surface area (Å²) in [5.41, 5.74) is 0.256. The van der Waals surface area contributed by atoms with Gasteiger partial charge in [0, 0.05) is 13.0 Å². The Balaban J connectivity index is 2.92.